The molecule has 1 heterocycles. The van der Waals surface area contributed by atoms with Gasteiger partial charge in [-0.3, -0.25) is 14.9 Å². The van der Waals surface area contributed by atoms with Gasteiger partial charge in [0, 0.05) is 12.6 Å². The first-order chi connectivity index (χ1) is 9.95. The molecule has 21 heavy (non-hydrogen) atoms. The number of nitro benzene ring substituents is 1. The molecule has 0 amide bonds. The third-order valence-electron chi connectivity index (χ3n) is 3.75. The maximum atomic E-state index is 11.3. The molecule has 2 unspecified atom stereocenters. The number of aliphatic carboxylic acids is 1. The number of likely N-dealkylation sites (N-methyl/N-ethyl adjacent to an activating group) is 1. The third kappa shape index (κ3) is 2.97. The molecule has 0 aromatic heterocycles. The number of anilines is 1. The predicted octanol–water partition coefficient (Wildman–Crippen LogP) is 1.83. The van der Waals surface area contributed by atoms with Crippen LogP contribution in [0, 0.1) is 23.0 Å². The highest BCUT2D eigenvalue weighted by molar-refractivity contribution is 5.74. The molecular weight excluding hydrogens is 276 g/mol. The van der Waals surface area contributed by atoms with Crippen LogP contribution in [0.15, 0.2) is 18.2 Å². The zero-order valence-electron chi connectivity index (χ0n) is 12.0. The Morgan fingerprint density at radius 1 is 1.52 bits per heavy atom. The van der Waals surface area contributed by atoms with Gasteiger partial charge in [0.15, 0.2) is 0 Å². The normalized spacial score (nSPS) is 21.2. The van der Waals surface area contributed by atoms with Crippen LogP contribution in [0.1, 0.15) is 12.5 Å². The molecule has 1 aliphatic rings. The maximum absolute atomic E-state index is 11.3. The summed E-state index contributed by atoms with van der Waals surface area (Å²) in [4.78, 5) is 23.9. The van der Waals surface area contributed by atoms with Crippen LogP contribution in [-0.4, -0.2) is 41.8 Å². The van der Waals surface area contributed by atoms with E-state index < -0.39 is 22.9 Å². The minimum Gasteiger partial charge on any atom is -0.481 e. The van der Waals surface area contributed by atoms with Gasteiger partial charge in [-0.25, -0.2) is 0 Å². The van der Waals surface area contributed by atoms with E-state index >= 15 is 0 Å². The van der Waals surface area contributed by atoms with Crippen LogP contribution in [0.3, 0.4) is 0 Å². The average molecular weight is 294 g/mol. The number of nitro groups is 1. The largest absolute Gasteiger partial charge is 0.481 e. The summed E-state index contributed by atoms with van der Waals surface area (Å²) in [6.45, 7) is 4.50. The monoisotopic (exact) mass is 294 g/mol. The fourth-order valence-corrected chi connectivity index (χ4v) is 2.69. The Kier molecular flexibility index (Phi) is 4.42. The van der Waals surface area contributed by atoms with Crippen molar-refractivity contribution in [3.8, 4) is 0 Å². The lowest BCUT2D eigenvalue weighted by Crippen LogP contribution is -2.43. The van der Waals surface area contributed by atoms with Gasteiger partial charge < -0.3 is 14.7 Å². The van der Waals surface area contributed by atoms with Crippen LogP contribution in [0.2, 0.25) is 0 Å². The van der Waals surface area contributed by atoms with Crippen LogP contribution in [0.4, 0.5) is 11.4 Å². The summed E-state index contributed by atoms with van der Waals surface area (Å²) in [5, 5.41) is 20.5. The summed E-state index contributed by atoms with van der Waals surface area (Å²) in [7, 11) is 0. The number of carboxylic acids is 1. The van der Waals surface area contributed by atoms with E-state index in [2.05, 4.69) is 0 Å². The van der Waals surface area contributed by atoms with Crippen molar-refractivity contribution < 1.29 is 19.6 Å². The molecule has 0 bridgehead atoms. The Hall–Kier alpha value is -2.15. The smallest absolute Gasteiger partial charge is 0.311 e. The number of aryl methyl sites for hydroxylation is 1. The van der Waals surface area contributed by atoms with Crippen molar-refractivity contribution in [1.29, 1.82) is 0 Å². The number of hydrogen-bond acceptors (Lipinski definition) is 5. The maximum Gasteiger partial charge on any atom is 0.311 e. The number of nitrogens with zero attached hydrogens (tertiary/aromatic N) is 2. The summed E-state index contributed by atoms with van der Waals surface area (Å²) < 4.78 is 5.27. The van der Waals surface area contributed by atoms with Crippen molar-refractivity contribution >= 4 is 17.3 Å². The quantitative estimate of drug-likeness (QED) is 0.658. The zero-order chi connectivity index (χ0) is 15.6. The molecule has 1 aliphatic heterocycles. The van der Waals surface area contributed by atoms with E-state index in [9.17, 15) is 20.0 Å². The Morgan fingerprint density at radius 2 is 2.24 bits per heavy atom. The minimum absolute atomic E-state index is 0.00658. The second kappa shape index (κ2) is 6.09. The van der Waals surface area contributed by atoms with Gasteiger partial charge in [0.2, 0.25) is 0 Å². The van der Waals surface area contributed by atoms with Crippen molar-refractivity contribution in [2.45, 2.75) is 19.9 Å². The van der Waals surface area contributed by atoms with Crippen molar-refractivity contribution in [3.63, 3.8) is 0 Å². The van der Waals surface area contributed by atoms with Gasteiger partial charge in [-0.2, -0.15) is 0 Å². The third-order valence-corrected chi connectivity index (χ3v) is 3.75. The van der Waals surface area contributed by atoms with Crippen LogP contribution >= 0.6 is 0 Å². The molecule has 0 saturated carbocycles. The molecule has 0 radical (unpaired) electrons. The molecule has 7 heteroatoms. The highest BCUT2D eigenvalue weighted by Crippen LogP contribution is 2.33. The molecule has 1 aromatic rings. The summed E-state index contributed by atoms with van der Waals surface area (Å²) in [5.74, 6) is -1.61. The van der Waals surface area contributed by atoms with E-state index in [0.29, 0.717) is 12.2 Å². The molecule has 114 valence electrons. The molecule has 1 fully saturated rings. The summed E-state index contributed by atoms with van der Waals surface area (Å²) >= 11 is 0. The molecule has 2 atom stereocenters. The summed E-state index contributed by atoms with van der Waals surface area (Å²) in [6.07, 6.45) is 0. The standard InChI is InChI=1S/C14H18N2O5/c1-3-15(13-8-21-7-10(13)14(17)18)11-5-4-9(2)6-12(11)16(19)20/h4-6,10,13H,3,7-8H2,1-2H3,(H,17,18). The van der Waals surface area contributed by atoms with E-state index in [1.165, 1.54) is 6.07 Å². The predicted molar refractivity (Wildman–Crippen MR) is 76.6 cm³/mol. The first kappa shape index (κ1) is 15.2. The van der Waals surface area contributed by atoms with Gasteiger partial charge in [0.05, 0.1) is 24.2 Å². The molecule has 0 spiro atoms. The minimum atomic E-state index is -0.939. The molecule has 0 aliphatic carbocycles. The van der Waals surface area contributed by atoms with E-state index in [-0.39, 0.29) is 18.9 Å². The highest BCUT2D eigenvalue weighted by atomic mass is 16.6. The highest BCUT2D eigenvalue weighted by Gasteiger charge is 2.39. The topological polar surface area (TPSA) is 92.9 Å². The van der Waals surface area contributed by atoms with Gasteiger partial charge in [-0.15, -0.1) is 0 Å². The van der Waals surface area contributed by atoms with Crippen molar-refractivity contribution in [2.75, 3.05) is 24.7 Å². The van der Waals surface area contributed by atoms with Crippen molar-refractivity contribution in [1.82, 2.24) is 0 Å². The second-order valence-electron chi connectivity index (χ2n) is 5.08. The van der Waals surface area contributed by atoms with Crippen LogP contribution < -0.4 is 4.90 Å². The Bertz CT molecular complexity index is 560. The fourth-order valence-electron chi connectivity index (χ4n) is 2.69. The number of ether oxygens (including phenoxy) is 1. The molecule has 7 nitrogen and oxygen atoms in total. The molecular formula is C14H18N2O5. The number of benzene rings is 1. The molecule has 1 N–H and O–H groups in total. The van der Waals surface area contributed by atoms with Gasteiger partial charge in [0.25, 0.3) is 5.69 Å². The molecule has 1 saturated heterocycles. The lowest BCUT2D eigenvalue weighted by Gasteiger charge is -2.31. The number of hydrogen-bond donors (Lipinski definition) is 1. The second-order valence-corrected chi connectivity index (χ2v) is 5.08. The average Bonchev–Trinajstić information content (AvgIpc) is 2.90. The van der Waals surface area contributed by atoms with Crippen molar-refractivity contribution in [3.05, 3.63) is 33.9 Å². The van der Waals surface area contributed by atoms with Gasteiger partial charge in [-0.05, 0) is 25.5 Å². The van der Waals surface area contributed by atoms with Crippen LogP contribution in [0.5, 0.6) is 0 Å². The first-order valence-corrected chi connectivity index (χ1v) is 6.78. The SMILES string of the molecule is CCN(c1ccc(C)cc1[N+](=O)[O-])C1COCC1C(=O)O. The lowest BCUT2D eigenvalue weighted by atomic mass is 10.0. The van der Waals surface area contributed by atoms with Crippen LogP contribution in [-0.2, 0) is 9.53 Å². The molecule has 2 rings (SSSR count). The fraction of sp³-hybridized carbons (Fsp3) is 0.500. The Balaban J connectivity index is 2.42. The lowest BCUT2D eigenvalue weighted by molar-refractivity contribution is -0.384. The van der Waals surface area contributed by atoms with Gasteiger partial charge in [-0.1, -0.05) is 6.07 Å². The number of carboxylic acid groups (broad SMARTS) is 1. The van der Waals surface area contributed by atoms with E-state index in [1.54, 1.807) is 24.0 Å². The van der Waals surface area contributed by atoms with Gasteiger partial charge in [0.1, 0.15) is 11.6 Å². The zero-order valence-corrected chi connectivity index (χ0v) is 12.0. The number of carbonyl (C=O) groups is 1. The number of rotatable bonds is 5. The van der Waals surface area contributed by atoms with Gasteiger partial charge >= 0.3 is 5.97 Å². The van der Waals surface area contributed by atoms with E-state index in [1.807, 2.05) is 6.92 Å². The van der Waals surface area contributed by atoms with Crippen LogP contribution in [0.25, 0.3) is 0 Å². The Labute approximate surface area is 122 Å². The molecule has 1 aromatic carbocycles. The Morgan fingerprint density at radius 3 is 2.81 bits per heavy atom. The van der Waals surface area contributed by atoms with E-state index in [4.69, 9.17) is 4.74 Å². The van der Waals surface area contributed by atoms with E-state index in [0.717, 1.165) is 5.56 Å². The summed E-state index contributed by atoms with van der Waals surface area (Å²) in [5.41, 5.74) is 1.22. The first-order valence-electron chi connectivity index (χ1n) is 6.78. The van der Waals surface area contributed by atoms with Crippen molar-refractivity contribution in [2.24, 2.45) is 5.92 Å². The summed E-state index contributed by atoms with van der Waals surface area (Å²) in [6, 6.07) is 4.57.